The van der Waals surface area contributed by atoms with Gasteiger partial charge in [0.15, 0.2) is 0 Å². The van der Waals surface area contributed by atoms with Crippen molar-refractivity contribution in [2.75, 3.05) is 31.6 Å². The summed E-state index contributed by atoms with van der Waals surface area (Å²) >= 11 is 0. The molecule has 0 radical (unpaired) electrons. The molecule has 1 fully saturated rings. The van der Waals surface area contributed by atoms with E-state index in [9.17, 15) is 17.6 Å². The van der Waals surface area contributed by atoms with E-state index in [0.717, 1.165) is 29.6 Å². The normalized spacial score (nSPS) is 15.4. The number of nitrogens with one attached hydrogen (secondary N) is 1. The number of anilines is 1. The second-order valence-electron chi connectivity index (χ2n) is 8.25. The molecule has 1 aliphatic heterocycles. The Morgan fingerprint density at radius 1 is 1.12 bits per heavy atom. The zero-order chi connectivity index (χ0) is 22.9. The predicted octanol–water partition coefficient (Wildman–Crippen LogP) is 3.71. The molecular weight excluding hydrogens is 433 g/mol. The molecule has 0 saturated carbocycles. The van der Waals surface area contributed by atoms with E-state index < -0.39 is 21.7 Å². The van der Waals surface area contributed by atoms with Gasteiger partial charge < -0.3 is 14.6 Å². The molecule has 2 heterocycles. The van der Waals surface area contributed by atoms with Crippen LogP contribution in [0.3, 0.4) is 0 Å². The number of fused-ring (bicyclic) bond motifs is 1. The second kappa shape index (κ2) is 9.01. The molecule has 3 aromatic rings. The quantitative estimate of drug-likeness (QED) is 0.609. The Morgan fingerprint density at radius 2 is 1.88 bits per heavy atom. The number of halogens is 1. The van der Waals surface area contributed by atoms with Crippen LogP contribution in [-0.4, -0.2) is 49.5 Å². The van der Waals surface area contributed by atoms with Crippen molar-refractivity contribution in [2.45, 2.75) is 25.3 Å². The number of hydrogen-bond donors (Lipinski definition) is 1. The molecule has 0 unspecified atom stereocenters. The predicted molar refractivity (Wildman–Crippen MR) is 121 cm³/mol. The number of hydrogen-bond acceptors (Lipinski definition) is 4. The van der Waals surface area contributed by atoms with Gasteiger partial charge in [0, 0.05) is 42.4 Å². The van der Waals surface area contributed by atoms with Crippen LogP contribution in [-0.2, 0) is 21.3 Å². The number of ether oxygens (including phenoxy) is 1. The average molecular weight is 460 g/mol. The second-order valence-corrected chi connectivity index (χ2v) is 10.2. The van der Waals surface area contributed by atoms with E-state index in [1.165, 1.54) is 10.4 Å². The van der Waals surface area contributed by atoms with E-state index in [1.807, 2.05) is 24.4 Å². The molecule has 1 aliphatic rings. The molecule has 9 heteroatoms. The van der Waals surface area contributed by atoms with E-state index in [4.69, 9.17) is 4.74 Å². The molecule has 0 bridgehead atoms. The van der Waals surface area contributed by atoms with Gasteiger partial charge in [0.25, 0.3) is 5.91 Å². The van der Waals surface area contributed by atoms with Crippen LogP contribution >= 0.6 is 0 Å². The molecule has 0 aliphatic carbocycles. The number of morpholine rings is 1. The smallest absolute Gasteiger partial charge is 0.258 e. The first kappa shape index (κ1) is 22.4. The van der Waals surface area contributed by atoms with Gasteiger partial charge in [-0.25, -0.2) is 12.8 Å². The zero-order valence-electron chi connectivity index (χ0n) is 18.0. The monoisotopic (exact) mass is 459 g/mol. The molecule has 2 aromatic carbocycles. The fourth-order valence-corrected chi connectivity index (χ4v) is 5.24. The summed E-state index contributed by atoms with van der Waals surface area (Å²) < 4.78 is 48.8. The van der Waals surface area contributed by atoms with Crippen LogP contribution in [0.5, 0.6) is 0 Å². The highest BCUT2D eigenvalue weighted by Crippen LogP contribution is 2.24. The first-order valence-electron chi connectivity index (χ1n) is 10.5. The molecule has 0 atom stereocenters. The number of carbonyl (C=O) groups is 1. The first-order chi connectivity index (χ1) is 15.3. The van der Waals surface area contributed by atoms with E-state index in [0.29, 0.717) is 24.8 Å². The van der Waals surface area contributed by atoms with Crippen LogP contribution in [0.2, 0.25) is 0 Å². The Hall–Kier alpha value is -2.75. The first-order valence-corrected chi connectivity index (χ1v) is 12.0. The van der Waals surface area contributed by atoms with E-state index in [2.05, 4.69) is 23.7 Å². The third-order valence-corrected chi connectivity index (χ3v) is 7.28. The highest BCUT2D eigenvalue weighted by Gasteiger charge is 2.28. The minimum atomic E-state index is -3.84. The molecule has 170 valence electrons. The summed E-state index contributed by atoms with van der Waals surface area (Å²) in [5.41, 5.74) is 1.23. The van der Waals surface area contributed by atoms with E-state index in [-0.39, 0.29) is 23.5 Å². The fourth-order valence-electron chi connectivity index (χ4n) is 3.80. The highest BCUT2D eigenvalue weighted by atomic mass is 32.2. The lowest BCUT2D eigenvalue weighted by atomic mass is 10.1. The van der Waals surface area contributed by atoms with Crippen LogP contribution in [0.15, 0.2) is 53.6 Å². The Labute approximate surface area is 186 Å². The Morgan fingerprint density at radius 3 is 2.59 bits per heavy atom. The van der Waals surface area contributed by atoms with Crippen molar-refractivity contribution in [2.24, 2.45) is 5.92 Å². The summed E-state index contributed by atoms with van der Waals surface area (Å²) in [6, 6.07) is 10.7. The lowest BCUT2D eigenvalue weighted by Gasteiger charge is -2.26. The van der Waals surface area contributed by atoms with Crippen molar-refractivity contribution in [3.05, 3.63) is 60.0 Å². The zero-order valence-corrected chi connectivity index (χ0v) is 18.9. The molecule has 7 nitrogen and oxygen atoms in total. The molecular formula is C23H26FN3O4S. The van der Waals surface area contributed by atoms with Gasteiger partial charge in [-0.2, -0.15) is 4.31 Å². The lowest BCUT2D eigenvalue weighted by molar-refractivity contribution is 0.0730. The van der Waals surface area contributed by atoms with Crippen molar-refractivity contribution in [3.63, 3.8) is 0 Å². The van der Waals surface area contributed by atoms with Crippen LogP contribution in [0, 0.1) is 11.7 Å². The molecule has 1 aromatic heterocycles. The number of aromatic nitrogens is 1. The molecule has 1 amide bonds. The van der Waals surface area contributed by atoms with Crippen LogP contribution in [0.1, 0.15) is 24.2 Å². The minimum Gasteiger partial charge on any atom is -0.379 e. The number of nitrogens with zero attached hydrogens (tertiary/aromatic N) is 2. The molecule has 1 saturated heterocycles. The SMILES string of the molecule is CC(C)Cn1ccc2cc(NC(=O)c3cc(S(=O)(=O)N4CCOCC4)ccc3F)ccc21. The van der Waals surface area contributed by atoms with Crippen LogP contribution in [0.4, 0.5) is 10.1 Å². The van der Waals surface area contributed by atoms with Gasteiger partial charge in [0.1, 0.15) is 5.82 Å². The van der Waals surface area contributed by atoms with Crippen molar-refractivity contribution >= 4 is 32.5 Å². The Bertz CT molecular complexity index is 1250. The number of rotatable bonds is 6. The highest BCUT2D eigenvalue weighted by molar-refractivity contribution is 7.89. The molecule has 4 rings (SSSR count). The fraction of sp³-hybridized carbons (Fsp3) is 0.348. The third kappa shape index (κ3) is 4.55. The Kier molecular flexibility index (Phi) is 6.32. The minimum absolute atomic E-state index is 0.118. The number of sulfonamides is 1. The van der Waals surface area contributed by atoms with Crippen LogP contribution < -0.4 is 5.32 Å². The summed E-state index contributed by atoms with van der Waals surface area (Å²) in [6.07, 6.45) is 2.00. The third-order valence-electron chi connectivity index (χ3n) is 5.38. The summed E-state index contributed by atoms with van der Waals surface area (Å²) in [5.74, 6) is -0.996. The standard InChI is InChI=1S/C23H26FN3O4S/c1-16(2)15-26-8-7-17-13-18(3-6-22(17)26)25-23(28)20-14-19(4-5-21(20)24)32(29,30)27-9-11-31-12-10-27/h3-8,13-14,16H,9-12,15H2,1-2H3,(H,25,28). The maximum Gasteiger partial charge on any atom is 0.258 e. The molecule has 0 spiro atoms. The largest absolute Gasteiger partial charge is 0.379 e. The summed E-state index contributed by atoms with van der Waals surface area (Å²) in [4.78, 5) is 12.7. The van der Waals surface area contributed by atoms with Crippen molar-refractivity contribution in [1.82, 2.24) is 8.87 Å². The summed E-state index contributed by atoms with van der Waals surface area (Å²) in [6.45, 7) is 6.20. The van der Waals surface area contributed by atoms with Gasteiger partial charge in [-0.15, -0.1) is 0 Å². The van der Waals surface area contributed by atoms with Crippen molar-refractivity contribution < 1.29 is 22.3 Å². The van der Waals surface area contributed by atoms with Gasteiger partial charge in [0.2, 0.25) is 10.0 Å². The van der Waals surface area contributed by atoms with E-state index in [1.54, 1.807) is 6.07 Å². The topological polar surface area (TPSA) is 80.6 Å². The van der Waals surface area contributed by atoms with Gasteiger partial charge in [0.05, 0.1) is 23.7 Å². The van der Waals surface area contributed by atoms with Gasteiger partial charge in [-0.1, -0.05) is 13.8 Å². The summed E-state index contributed by atoms with van der Waals surface area (Å²) in [5, 5.41) is 3.63. The summed E-state index contributed by atoms with van der Waals surface area (Å²) in [7, 11) is -3.84. The van der Waals surface area contributed by atoms with Crippen molar-refractivity contribution in [3.8, 4) is 0 Å². The maximum absolute atomic E-state index is 14.4. The van der Waals surface area contributed by atoms with Crippen LogP contribution in [0.25, 0.3) is 10.9 Å². The van der Waals surface area contributed by atoms with Gasteiger partial charge >= 0.3 is 0 Å². The Balaban J connectivity index is 1.57. The number of amides is 1. The van der Waals surface area contributed by atoms with Crippen molar-refractivity contribution in [1.29, 1.82) is 0 Å². The number of benzene rings is 2. The average Bonchev–Trinajstić information content (AvgIpc) is 3.15. The molecule has 1 N–H and O–H groups in total. The molecule has 32 heavy (non-hydrogen) atoms. The van der Waals surface area contributed by atoms with E-state index >= 15 is 0 Å². The lowest BCUT2D eigenvalue weighted by Crippen LogP contribution is -2.40. The number of carbonyl (C=O) groups excluding carboxylic acids is 1. The maximum atomic E-state index is 14.4. The van der Waals surface area contributed by atoms with Gasteiger partial charge in [-0.3, -0.25) is 4.79 Å². The van der Waals surface area contributed by atoms with Gasteiger partial charge in [-0.05, 0) is 48.4 Å².